The molecule has 68 valence electrons. The fourth-order valence-electron chi connectivity index (χ4n) is 1.10. The molecule has 0 spiro atoms. The minimum absolute atomic E-state index is 0.380. The molecule has 0 radical (unpaired) electrons. The summed E-state index contributed by atoms with van der Waals surface area (Å²) in [5, 5.41) is 26.3. The maximum absolute atomic E-state index is 10.6. The van der Waals surface area contributed by atoms with E-state index >= 15 is 0 Å². The zero-order chi connectivity index (χ0) is 9.84. The number of carboxylic acids is 1. The second-order valence-corrected chi connectivity index (χ2v) is 2.64. The van der Waals surface area contributed by atoms with Crippen molar-refractivity contribution in [2.45, 2.75) is 5.82 Å². The highest BCUT2D eigenvalue weighted by Gasteiger charge is 2.31. The molecule has 13 heavy (non-hydrogen) atoms. The molecule has 4 nitrogen and oxygen atoms in total. The van der Waals surface area contributed by atoms with E-state index in [2.05, 4.69) is 0 Å². The fraction of sp³-hybridized carbons (Fsp3) is 0.125. The molecule has 0 aliphatic heterocycles. The lowest BCUT2D eigenvalue weighted by Gasteiger charge is -2.10. The van der Waals surface area contributed by atoms with Gasteiger partial charge in [0.05, 0.1) is 0 Å². The van der Waals surface area contributed by atoms with E-state index in [1.807, 2.05) is 0 Å². The van der Waals surface area contributed by atoms with E-state index in [0.717, 1.165) is 0 Å². The van der Waals surface area contributed by atoms with E-state index in [9.17, 15) is 4.79 Å². The molecule has 0 fully saturated rings. The van der Waals surface area contributed by atoms with Crippen molar-refractivity contribution in [1.29, 1.82) is 0 Å². The Labute approximate surface area is 75.6 Å². The van der Waals surface area contributed by atoms with E-state index in [4.69, 9.17) is 15.2 Å². The first kappa shape index (κ1) is 9.76. The second-order valence-electron chi connectivity index (χ2n) is 2.64. The van der Waals surface area contributed by atoms with Gasteiger partial charge in [-0.2, -0.15) is 0 Å². The molecule has 1 aromatic carbocycles. The first-order chi connectivity index (χ1) is 6.13. The fourth-order valence-corrected chi connectivity index (χ4v) is 1.10. The van der Waals surface area contributed by atoms with Crippen LogP contribution in [-0.4, -0.2) is 28.2 Å². The van der Waals surface area contributed by atoms with Gasteiger partial charge in [-0.25, -0.2) is 0 Å². The van der Waals surface area contributed by atoms with Gasteiger partial charge in [0.2, 0.25) is 0 Å². The highest BCUT2D eigenvalue weighted by atomic mass is 16.4. The monoisotopic (exact) mass is 180 g/mol. The quantitative estimate of drug-likeness (QED) is 0.566. The van der Waals surface area contributed by atoms with Crippen molar-refractivity contribution < 1.29 is 19.9 Å². The molecule has 1 atom stereocenters. The molecule has 0 aliphatic rings. The maximum atomic E-state index is 10.6. The molecule has 0 bridgehead atoms. The molecular formula is C8H9BO4. The van der Waals surface area contributed by atoms with Crippen LogP contribution in [0.25, 0.3) is 0 Å². The summed E-state index contributed by atoms with van der Waals surface area (Å²) < 4.78 is 0. The first-order valence-electron chi connectivity index (χ1n) is 3.77. The van der Waals surface area contributed by atoms with E-state index in [1.165, 1.54) is 12.1 Å². The number of hydrogen-bond acceptors (Lipinski definition) is 3. The molecule has 0 aromatic heterocycles. The van der Waals surface area contributed by atoms with Crippen LogP contribution >= 0.6 is 0 Å². The third kappa shape index (κ3) is 2.30. The van der Waals surface area contributed by atoms with Crippen LogP contribution in [0.1, 0.15) is 11.4 Å². The summed E-state index contributed by atoms with van der Waals surface area (Å²) in [7, 11) is -1.88. The molecule has 0 saturated carbocycles. The number of carboxylic acid groups (broad SMARTS) is 1. The Morgan fingerprint density at radius 1 is 1.23 bits per heavy atom. The zero-order valence-electron chi connectivity index (χ0n) is 6.79. The Hall–Kier alpha value is -1.33. The van der Waals surface area contributed by atoms with Gasteiger partial charge in [0.1, 0.15) is 5.82 Å². The smallest absolute Gasteiger partial charge is 0.471 e. The number of aliphatic carboxylic acids is 1. The summed E-state index contributed by atoms with van der Waals surface area (Å²) in [6.07, 6.45) is 0. The molecule has 0 amide bonds. The number of hydrogen-bond donors (Lipinski definition) is 3. The van der Waals surface area contributed by atoms with Crippen molar-refractivity contribution in [2.75, 3.05) is 0 Å². The van der Waals surface area contributed by atoms with Crippen LogP contribution in [0.5, 0.6) is 0 Å². The second kappa shape index (κ2) is 4.07. The molecule has 1 rings (SSSR count). The number of rotatable bonds is 3. The van der Waals surface area contributed by atoms with Crippen LogP contribution in [0.3, 0.4) is 0 Å². The predicted octanol–water partition coefficient (Wildman–Crippen LogP) is -0.133. The lowest BCUT2D eigenvalue weighted by atomic mass is 9.69. The van der Waals surface area contributed by atoms with Gasteiger partial charge in [0.15, 0.2) is 0 Å². The Morgan fingerprint density at radius 3 is 2.15 bits per heavy atom. The molecule has 0 saturated heterocycles. The van der Waals surface area contributed by atoms with Crippen molar-refractivity contribution in [3.05, 3.63) is 35.9 Å². The third-order valence-electron chi connectivity index (χ3n) is 1.72. The molecular weight excluding hydrogens is 171 g/mol. The normalized spacial score (nSPS) is 12.2. The molecule has 0 aliphatic carbocycles. The van der Waals surface area contributed by atoms with Crippen molar-refractivity contribution in [1.82, 2.24) is 0 Å². The van der Waals surface area contributed by atoms with Gasteiger partial charge in [0, 0.05) is 0 Å². The Bertz CT molecular complexity index is 285. The first-order valence-corrected chi connectivity index (χ1v) is 3.77. The average molecular weight is 180 g/mol. The third-order valence-corrected chi connectivity index (χ3v) is 1.72. The predicted molar refractivity (Wildman–Crippen MR) is 47.0 cm³/mol. The van der Waals surface area contributed by atoms with Crippen molar-refractivity contribution in [3.63, 3.8) is 0 Å². The van der Waals surface area contributed by atoms with E-state index in [-0.39, 0.29) is 0 Å². The van der Waals surface area contributed by atoms with Gasteiger partial charge in [-0.1, -0.05) is 30.3 Å². The molecule has 5 heteroatoms. The van der Waals surface area contributed by atoms with Crippen molar-refractivity contribution in [2.24, 2.45) is 0 Å². The largest absolute Gasteiger partial charge is 0.481 e. The van der Waals surface area contributed by atoms with Crippen molar-refractivity contribution in [3.8, 4) is 0 Å². The van der Waals surface area contributed by atoms with E-state index < -0.39 is 18.9 Å². The van der Waals surface area contributed by atoms with Gasteiger partial charge in [-0.05, 0) is 5.56 Å². The molecule has 1 unspecified atom stereocenters. The molecule has 3 N–H and O–H groups in total. The lowest BCUT2D eigenvalue weighted by molar-refractivity contribution is -0.137. The van der Waals surface area contributed by atoms with Crippen molar-refractivity contribution >= 4 is 13.1 Å². The summed E-state index contributed by atoms with van der Waals surface area (Å²) in [5.41, 5.74) is 0.380. The standard InChI is InChI=1S/C8H9BO4/c10-8(11)7(9(12)13)6-4-2-1-3-5-6/h1-5,7,12-13H,(H,10,11). The summed E-state index contributed by atoms with van der Waals surface area (Å²) >= 11 is 0. The average Bonchev–Trinajstić information content (AvgIpc) is 2.04. The van der Waals surface area contributed by atoms with E-state index in [1.54, 1.807) is 18.2 Å². The highest BCUT2D eigenvalue weighted by Crippen LogP contribution is 2.16. The summed E-state index contributed by atoms with van der Waals surface area (Å²) in [4.78, 5) is 10.6. The van der Waals surface area contributed by atoms with E-state index in [0.29, 0.717) is 5.56 Å². The minimum Gasteiger partial charge on any atom is -0.481 e. The van der Waals surface area contributed by atoms with Crippen LogP contribution in [0.2, 0.25) is 0 Å². The Kier molecular flexibility index (Phi) is 3.05. The van der Waals surface area contributed by atoms with Gasteiger partial charge < -0.3 is 15.2 Å². The Morgan fingerprint density at radius 2 is 1.77 bits per heavy atom. The van der Waals surface area contributed by atoms with Crippen LogP contribution in [-0.2, 0) is 4.79 Å². The topological polar surface area (TPSA) is 77.8 Å². The maximum Gasteiger partial charge on any atom is 0.471 e. The number of carbonyl (C=O) groups is 1. The van der Waals surface area contributed by atoms with Gasteiger partial charge in [-0.3, -0.25) is 4.79 Å². The summed E-state index contributed by atoms with van der Waals surface area (Å²) in [6, 6.07) is 8.10. The van der Waals surface area contributed by atoms with Gasteiger partial charge in [-0.15, -0.1) is 0 Å². The summed E-state index contributed by atoms with van der Waals surface area (Å²) in [5.74, 6) is -2.53. The summed E-state index contributed by atoms with van der Waals surface area (Å²) in [6.45, 7) is 0. The van der Waals surface area contributed by atoms with Crippen LogP contribution in [0, 0.1) is 0 Å². The minimum atomic E-state index is -1.88. The zero-order valence-corrected chi connectivity index (χ0v) is 6.79. The molecule has 1 aromatic rings. The van der Waals surface area contributed by atoms with Gasteiger partial charge >= 0.3 is 13.1 Å². The van der Waals surface area contributed by atoms with Gasteiger partial charge in [0.25, 0.3) is 0 Å². The Balaban J connectivity index is 2.96. The number of benzene rings is 1. The SMILES string of the molecule is O=C(O)C(B(O)O)c1ccccc1. The van der Waals surface area contributed by atoms with Crippen LogP contribution < -0.4 is 0 Å². The van der Waals surface area contributed by atoms with Crippen LogP contribution in [0.15, 0.2) is 30.3 Å². The lowest BCUT2D eigenvalue weighted by Crippen LogP contribution is -2.30. The van der Waals surface area contributed by atoms with Crippen LogP contribution in [0.4, 0.5) is 0 Å². The highest BCUT2D eigenvalue weighted by molar-refractivity contribution is 6.48. The molecule has 0 heterocycles.